The minimum atomic E-state index is -0.757. The summed E-state index contributed by atoms with van der Waals surface area (Å²) in [5.41, 5.74) is 4.06. The van der Waals surface area contributed by atoms with Gasteiger partial charge in [-0.15, -0.1) is 0 Å². The summed E-state index contributed by atoms with van der Waals surface area (Å²) in [7, 11) is 4.13. The molecule has 2 atom stereocenters. The third kappa shape index (κ3) is 5.64. The van der Waals surface area contributed by atoms with Crippen molar-refractivity contribution in [2.45, 2.75) is 59.0 Å². The Labute approximate surface area is 216 Å². The molecule has 0 bridgehead atoms. The summed E-state index contributed by atoms with van der Waals surface area (Å²) >= 11 is 0. The normalized spacial score (nSPS) is 15.2. The average Bonchev–Trinajstić information content (AvgIpc) is 3.24. The number of nitrogens with zero attached hydrogens (tertiary/aromatic N) is 2. The van der Waals surface area contributed by atoms with Crippen molar-refractivity contribution in [1.29, 1.82) is 0 Å². The number of oxazole rings is 1. The van der Waals surface area contributed by atoms with Gasteiger partial charge in [0.15, 0.2) is 0 Å². The molecule has 37 heavy (non-hydrogen) atoms. The molecule has 0 spiro atoms. The fourth-order valence-electron chi connectivity index (χ4n) is 4.67. The van der Waals surface area contributed by atoms with Crippen molar-refractivity contribution in [3.63, 3.8) is 0 Å². The third-order valence-corrected chi connectivity index (χ3v) is 6.60. The van der Waals surface area contributed by atoms with E-state index in [2.05, 4.69) is 7.49 Å². The summed E-state index contributed by atoms with van der Waals surface area (Å²) in [5, 5.41) is 9.78. The number of rotatable bonds is 8. The zero-order chi connectivity index (χ0) is 26.9. The van der Waals surface area contributed by atoms with Gasteiger partial charge in [-0.1, -0.05) is 0 Å². The van der Waals surface area contributed by atoms with E-state index in [1.165, 1.54) is 24.3 Å². The standard InChI is InChI=1S/C29H30BF3N2O2/c1-5-19(7-6-18(4)36)29-34-26(28(37-29)23-10-9-21(31)14-24(23)33)20-8-11-25(30)35(15-20)27-16(2)12-22(32)13-17(27)3/h8-15,18-19,30,36H,5-7H2,1-4H3/t18-,19-/m1/s1. The second-order valence-corrected chi connectivity index (χ2v) is 9.55. The molecule has 8 heteroatoms. The van der Waals surface area contributed by atoms with Crippen molar-refractivity contribution < 1.29 is 22.7 Å². The molecule has 0 saturated carbocycles. The van der Waals surface area contributed by atoms with E-state index in [1.54, 1.807) is 6.92 Å². The molecular formula is C29H30BF3N2O2. The Morgan fingerprint density at radius 2 is 1.73 bits per heavy atom. The predicted octanol–water partition coefficient (Wildman–Crippen LogP) is 6.48. The molecule has 0 unspecified atom stereocenters. The Bertz CT molecular complexity index is 1370. The van der Waals surface area contributed by atoms with Gasteiger partial charge < -0.3 is 0 Å². The van der Waals surface area contributed by atoms with Crippen LogP contribution in [0, 0.1) is 31.3 Å². The maximum atomic E-state index is 14.9. The number of halogens is 3. The number of hydrogen-bond acceptors (Lipinski definition) is 4. The first-order valence-electron chi connectivity index (χ1n) is 12.4. The van der Waals surface area contributed by atoms with E-state index in [1.807, 2.05) is 44.0 Å². The topological polar surface area (TPSA) is 49.5 Å². The van der Waals surface area contributed by atoms with Gasteiger partial charge in [-0.3, -0.25) is 0 Å². The molecule has 1 aliphatic heterocycles. The molecule has 4 nitrogen and oxygen atoms in total. The van der Waals surface area contributed by atoms with E-state index in [4.69, 9.17) is 9.40 Å². The zero-order valence-corrected chi connectivity index (χ0v) is 21.5. The van der Waals surface area contributed by atoms with Crippen molar-refractivity contribution in [2.24, 2.45) is 0 Å². The molecule has 2 heterocycles. The Kier molecular flexibility index (Phi) is 7.88. The average molecular weight is 506 g/mol. The van der Waals surface area contributed by atoms with Gasteiger partial charge in [0.1, 0.15) is 0 Å². The molecule has 1 N–H and O–H groups in total. The Balaban J connectivity index is 1.86. The van der Waals surface area contributed by atoms with Crippen molar-refractivity contribution in [3.8, 4) is 11.3 Å². The van der Waals surface area contributed by atoms with E-state index in [9.17, 15) is 18.3 Å². The summed E-state index contributed by atoms with van der Waals surface area (Å²) in [6, 6.07) is 6.26. The summed E-state index contributed by atoms with van der Waals surface area (Å²) in [6.07, 6.45) is 6.89. The van der Waals surface area contributed by atoms with Gasteiger partial charge >= 0.3 is 216 Å². The molecule has 192 valence electrons. The fraction of sp³-hybridized carbons (Fsp3) is 0.310. The number of anilines is 1. The zero-order valence-electron chi connectivity index (χ0n) is 21.5. The van der Waals surface area contributed by atoms with Crippen molar-refractivity contribution in [1.82, 2.24) is 4.98 Å². The molecule has 2 aromatic carbocycles. The first kappa shape index (κ1) is 26.7. The van der Waals surface area contributed by atoms with Crippen LogP contribution in [-0.2, 0) is 0 Å². The number of hydrogen-bond donors (Lipinski definition) is 1. The summed E-state index contributed by atoms with van der Waals surface area (Å²) in [4.78, 5) is 6.64. The van der Waals surface area contributed by atoms with Crippen LogP contribution in [0.15, 0.2) is 53.1 Å². The number of allylic oxidation sites excluding steroid dienone is 2. The van der Waals surface area contributed by atoms with Gasteiger partial charge in [-0.25, -0.2) is 0 Å². The molecule has 1 aliphatic rings. The number of benzene rings is 2. The first-order valence-corrected chi connectivity index (χ1v) is 12.4. The van der Waals surface area contributed by atoms with E-state index in [-0.39, 0.29) is 23.1 Å². The van der Waals surface area contributed by atoms with Crippen molar-refractivity contribution in [2.75, 3.05) is 4.90 Å². The summed E-state index contributed by atoms with van der Waals surface area (Å²) in [5.74, 6) is -1.24. The maximum absolute atomic E-state index is 14.9. The van der Waals surface area contributed by atoms with Crippen LogP contribution in [0.2, 0.25) is 0 Å². The van der Waals surface area contributed by atoms with Crippen LogP contribution < -0.4 is 4.90 Å². The second-order valence-electron chi connectivity index (χ2n) is 9.55. The van der Waals surface area contributed by atoms with Gasteiger partial charge in [0.25, 0.3) is 0 Å². The van der Waals surface area contributed by atoms with Crippen LogP contribution in [-0.4, -0.2) is 29.3 Å². The van der Waals surface area contributed by atoms with E-state index < -0.39 is 17.7 Å². The van der Waals surface area contributed by atoms with Crippen LogP contribution in [0.1, 0.15) is 61.7 Å². The van der Waals surface area contributed by atoms with Gasteiger partial charge in [-0.05, 0) is 0 Å². The Hall–Kier alpha value is -3.39. The summed E-state index contributed by atoms with van der Waals surface area (Å²) in [6.45, 7) is 7.38. The first-order chi connectivity index (χ1) is 17.6. The van der Waals surface area contributed by atoms with E-state index >= 15 is 0 Å². The molecule has 1 aromatic heterocycles. The molecule has 4 rings (SSSR count). The number of aliphatic hydroxyl groups excluding tert-OH is 1. The molecule has 0 fully saturated rings. The molecular weight excluding hydrogens is 476 g/mol. The fourth-order valence-corrected chi connectivity index (χ4v) is 4.67. The summed E-state index contributed by atoms with van der Waals surface area (Å²) < 4.78 is 48.8. The van der Waals surface area contributed by atoms with Crippen LogP contribution >= 0.6 is 0 Å². The third-order valence-electron chi connectivity index (χ3n) is 6.60. The van der Waals surface area contributed by atoms with Gasteiger partial charge in [0, 0.05) is 0 Å². The molecule has 0 aliphatic carbocycles. The van der Waals surface area contributed by atoms with Gasteiger partial charge in [0.05, 0.1) is 0 Å². The number of aromatic nitrogens is 1. The quantitative estimate of drug-likeness (QED) is 0.356. The Morgan fingerprint density at radius 3 is 2.35 bits per heavy atom. The van der Waals surface area contributed by atoms with Gasteiger partial charge in [0.2, 0.25) is 0 Å². The van der Waals surface area contributed by atoms with Crippen molar-refractivity contribution in [3.05, 3.63) is 88.8 Å². The minimum absolute atomic E-state index is 0.0913. The van der Waals surface area contributed by atoms with E-state index in [0.717, 1.165) is 22.9 Å². The second kappa shape index (κ2) is 10.9. The monoisotopic (exact) mass is 506 g/mol. The van der Waals surface area contributed by atoms with Crippen LogP contribution in [0.4, 0.5) is 18.9 Å². The van der Waals surface area contributed by atoms with Crippen LogP contribution in [0.25, 0.3) is 16.9 Å². The molecule has 0 amide bonds. The Morgan fingerprint density at radius 1 is 1.03 bits per heavy atom. The molecule has 0 saturated heterocycles. The van der Waals surface area contributed by atoms with Crippen LogP contribution in [0.5, 0.6) is 0 Å². The number of aryl methyl sites for hydroxylation is 2. The predicted molar refractivity (Wildman–Crippen MR) is 143 cm³/mol. The van der Waals surface area contributed by atoms with E-state index in [0.29, 0.717) is 42.0 Å². The molecule has 0 radical (unpaired) electrons. The van der Waals surface area contributed by atoms with Gasteiger partial charge in [-0.2, -0.15) is 0 Å². The van der Waals surface area contributed by atoms with Crippen LogP contribution in [0.3, 0.4) is 0 Å². The SMILES string of the molecule is B=C1C=CC(c2nc([C@H](CC)CC[C@@H](C)O)oc2-c2ccc(F)cc2F)=CN1c1c(C)cc(F)cc1C. The van der Waals surface area contributed by atoms with Crippen molar-refractivity contribution >= 4 is 24.3 Å². The molecule has 3 aromatic rings. The number of aliphatic hydroxyl groups is 1.